The molecule has 10 amide bonds. The number of benzene rings is 2. The molecule has 3 rings (SSSR count). The van der Waals surface area contributed by atoms with Crippen molar-refractivity contribution in [2.24, 2.45) is 29.0 Å². The number of para-hydroxylation sites is 1. The number of hydrogen-bond donors (Lipinski definition) is 17. The predicted octanol–water partition coefficient (Wildman–Crippen LogP) is -3.12. The first-order valence-electron chi connectivity index (χ1n) is 28.0. The molecule has 1 aromatic heterocycles. The van der Waals surface area contributed by atoms with Crippen LogP contribution in [0, 0.1) is 11.8 Å². The lowest BCUT2D eigenvalue weighted by Gasteiger charge is -2.29. The van der Waals surface area contributed by atoms with Crippen molar-refractivity contribution in [1.29, 1.82) is 0 Å². The van der Waals surface area contributed by atoms with Crippen LogP contribution in [0.5, 0.6) is 0 Å². The summed E-state index contributed by atoms with van der Waals surface area (Å²) in [6.07, 6.45) is -1.60. The molecule has 2 aromatic carbocycles. The van der Waals surface area contributed by atoms with E-state index in [2.05, 4.69) is 52.8 Å². The summed E-state index contributed by atoms with van der Waals surface area (Å²) < 4.78 is 0. The van der Waals surface area contributed by atoms with Gasteiger partial charge >= 0.3 is 23.9 Å². The van der Waals surface area contributed by atoms with E-state index in [4.69, 9.17) is 17.2 Å². The summed E-state index contributed by atoms with van der Waals surface area (Å²) >= 11 is 0. The molecular formula is C56H79N13O18. The molecule has 3 aromatic rings. The number of carboxylic acids is 4. The average Bonchev–Trinajstić information content (AvgIpc) is 3.67. The van der Waals surface area contributed by atoms with Gasteiger partial charge in [0.05, 0.1) is 31.8 Å². The van der Waals surface area contributed by atoms with Crippen LogP contribution in [0.4, 0.5) is 0 Å². The van der Waals surface area contributed by atoms with Crippen molar-refractivity contribution in [3.8, 4) is 0 Å². The summed E-state index contributed by atoms with van der Waals surface area (Å²) in [6.45, 7) is 5.68. The van der Waals surface area contributed by atoms with Crippen LogP contribution in [0.25, 0.3) is 10.9 Å². The van der Waals surface area contributed by atoms with Gasteiger partial charge in [-0.25, -0.2) is 4.79 Å². The van der Waals surface area contributed by atoms with Crippen LogP contribution in [0.15, 0.2) is 60.8 Å². The van der Waals surface area contributed by atoms with Crippen molar-refractivity contribution in [2.45, 2.75) is 153 Å². The number of aromatic nitrogens is 1. The van der Waals surface area contributed by atoms with Gasteiger partial charge in [0.25, 0.3) is 0 Å². The molecule has 0 fully saturated rings. The largest absolute Gasteiger partial charge is 0.481 e. The molecule has 0 radical (unpaired) electrons. The van der Waals surface area contributed by atoms with Gasteiger partial charge in [0.1, 0.15) is 48.3 Å². The lowest BCUT2D eigenvalue weighted by Crippen LogP contribution is -2.61. The number of hydrogen-bond acceptors (Lipinski definition) is 16. The predicted molar refractivity (Wildman–Crippen MR) is 309 cm³/mol. The Morgan fingerprint density at radius 1 is 0.529 bits per heavy atom. The number of aromatic amines is 1. The number of rotatable bonds is 39. The van der Waals surface area contributed by atoms with Crippen LogP contribution >= 0.6 is 0 Å². The van der Waals surface area contributed by atoms with E-state index in [9.17, 15) is 87.5 Å². The zero-order valence-corrected chi connectivity index (χ0v) is 48.6. The second-order valence-electron chi connectivity index (χ2n) is 21.0. The molecule has 0 saturated carbocycles. The van der Waals surface area contributed by atoms with E-state index in [-0.39, 0.29) is 25.7 Å². The number of primary amides is 1. The number of fused-ring (bicyclic) bond motifs is 1. The first-order chi connectivity index (χ1) is 41.0. The van der Waals surface area contributed by atoms with Crippen LogP contribution in [0.2, 0.25) is 0 Å². The van der Waals surface area contributed by atoms with E-state index in [1.54, 1.807) is 68.4 Å². The number of unbranched alkanes of at least 4 members (excludes halogenated alkanes) is 1. The summed E-state index contributed by atoms with van der Waals surface area (Å²) in [5.41, 5.74) is 18.4. The summed E-state index contributed by atoms with van der Waals surface area (Å²) in [6, 6.07) is 0.383. The zero-order valence-electron chi connectivity index (χ0n) is 48.6. The fourth-order valence-corrected chi connectivity index (χ4v) is 8.75. The summed E-state index contributed by atoms with van der Waals surface area (Å²) in [5, 5.41) is 60.2. The van der Waals surface area contributed by atoms with Gasteiger partial charge in [0.15, 0.2) is 0 Å². The van der Waals surface area contributed by atoms with E-state index in [1.807, 2.05) is 0 Å². The Bertz CT molecular complexity index is 2940. The zero-order chi connectivity index (χ0) is 65.1. The third-order valence-corrected chi connectivity index (χ3v) is 13.8. The Morgan fingerprint density at radius 2 is 1.02 bits per heavy atom. The Morgan fingerprint density at radius 3 is 1.57 bits per heavy atom. The third-order valence-electron chi connectivity index (χ3n) is 13.8. The highest BCUT2D eigenvalue weighted by molar-refractivity contribution is 6.00. The Hall–Kier alpha value is -9.52. The molecular weight excluding hydrogens is 1140 g/mol. The molecule has 0 spiro atoms. The number of nitrogens with one attached hydrogen (secondary N) is 10. The molecule has 0 aliphatic rings. The lowest BCUT2D eigenvalue weighted by molar-refractivity contribution is -0.147. The van der Waals surface area contributed by atoms with Crippen molar-refractivity contribution >= 4 is 93.9 Å². The van der Waals surface area contributed by atoms with E-state index in [1.165, 1.54) is 20.0 Å². The maximum atomic E-state index is 14.2. The van der Waals surface area contributed by atoms with Crippen LogP contribution in [0.1, 0.15) is 96.6 Å². The molecule has 0 aliphatic heterocycles. The highest BCUT2D eigenvalue weighted by Crippen LogP contribution is 2.20. The Balaban J connectivity index is 1.84. The van der Waals surface area contributed by atoms with Crippen molar-refractivity contribution in [1.82, 2.24) is 52.8 Å². The lowest BCUT2D eigenvalue weighted by atomic mass is 9.97. The second-order valence-corrected chi connectivity index (χ2v) is 21.0. The van der Waals surface area contributed by atoms with Crippen LogP contribution in [-0.4, -0.2) is 176 Å². The quantitative estimate of drug-likeness (QED) is 0.0251. The second kappa shape index (κ2) is 35.7. The Labute approximate surface area is 499 Å². The fraction of sp³-hybridized carbons (Fsp3) is 0.500. The van der Waals surface area contributed by atoms with E-state index in [0.717, 1.165) is 0 Å². The molecule has 476 valence electrons. The highest BCUT2D eigenvalue weighted by Gasteiger charge is 2.37. The minimum atomic E-state index is -1.98. The number of aliphatic carboxylic acids is 4. The normalized spacial score (nSPS) is 14.5. The summed E-state index contributed by atoms with van der Waals surface area (Å²) in [4.78, 5) is 186. The molecule has 0 saturated heterocycles. The maximum absolute atomic E-state index is 14.2. The molecule has 1 heterocycles. The minimum absolute atomic E-state index is 0.180. The van der Waals surface area contributed by atoms with Gasteiger partial charge in [0.2, 0.25) is 59.1 Å². The minimum Gasteiger partial charge on any atom is -0.481 e. The fourth-order valence-electron chi connectivity index (χ4n) is 8.75. The molecule has 0 unspecified atom stereocenters. The summed E-state index contributed by atoms with van der Waals surface area (Å²) in [7, 11) is 0. The van der Waals surface area contributed by atoms with Crippen LogP contribution in [0.3, 0.4) is 0 Å². The first kappa shape index (κ1) is 71.7. The standard InChI is InChI=1S/C56H79N13O18/c1-5-29(4)47(68-42(71)27-61-49(79)36(21-30-13-7-6-8-14-30)64-52(82)38(23-43(72)73)63-48(78)33(58)16-11-12-20-57)55(85)62-35(18-19-41(59)70)50(80)69-46(28(2)3)54(84)66-39(24-44(74)75)53(83)65-37(51(81)67-40(56(86)87)25-45(76)77)22-31-26-60-34-17-10-9-15-32(31)34/h6-10,13-15,17,26,28-29,33,35-40,46-47,60H,5,11-12,16,18-25,27,57-58H2,1-4H3,(H2,59,70)(H,61,79)(H,62,85)(H,63,78)(H,64,82)(H,65,83)(H,66,84)(H,67,81)(H,68,71)(H,69,80)(H,72,73)(H,74,75)(H,76,77)(H,86,87)/t29-,33-,35-,36-,37-,38-,39-,40-,46-,47-/m0/s1. The van der Waals surface area contributed by atoms with Gasteiger partial charge in [0, 0.05) is 36.4 Å². The van der Waals surface area contributed by atoms with Crippen LogP contribution in [-0.2, 0) is 80.0 Å². The molecule has 31 nitrogen and oxygen atoms in total. The van der Waals surface area contributed by atoms with Crippen molar-refractivity contribution in [2.75, 3.05) is 13.1 Å². The van der Waals surface area contributed by atoms with Gasteiger partial charge in [-0.2, -0.15) is 0 Å². The van der Waals surface area contributed by atoms with E-state index < -0.39 is 188 Å². The molecule has 87 heavy (non-hydrogen) atoms. The summed E-state index contributed by atoms with van der Waals surface area (Å²) in [5.74, 6) is -18.3. The van der Waals surface area contributed by atoms with Crippen molar-refractivity contribution < 1.29 is 87.5 Å². The topological polar surface area (TPSA) is 522 Å². The number of nitrogens with two attached hydrogens (primary N) is 3. The van der Waals surface area contributed by atoms with Gasteiger partial charge in [-0.05, 0) is 54.8 Å². The monoisotopic (exact) mass is 1220 g/mol. The first-order valence-corrected chi connectivity index (χ1v) is 28.0. The molecule has 31 heteroatoms. The molecule has 0 aliphatic carbocycles. The number of carbonyl (C=O) groups is 14. The van der Waals surface area contributed by atoms with Crippen molar-refractivity contribution in [3.63, 3.8) is 0 Å². The maximum Gasteiger partial charge on any atom is 0.326 e. The van der Waals surface area contributed by atoms with Crippen molar-refractivity contribution in [3.05, 3.63) is 71.9 Å². The van der Waals surface area contributed by atoms with E-state index >= 15 is 0 Å². The molecule has 0 bridgehead atoms. The highest BCUT2D eigenvalue weighted by atomic mass is 16.4. The van der Waals surface area contributed by atoms with Gasteiger partial charge in [-0.1, -0.05) is 89.1 Å². The third kappa shape index (κ3) is 24.5. The smallest absolute Gasteiger partial charge is 0.326 e. The SMILES string of the molecule is CC[C@H](C)[C@H](NC(=O)CNC(=O)[C@H](Cc1ccccc1)NC(=O)[C@H](CC(=O)O)NC(=O)[C@@H](N)CCCCN)C(=O)N[C@@H](CCC(N)=O)C(=O)N[C@H](C(=O)N[C@@H](CC(=O)O)C(=O)N[C@@H](Cc1c[nH]c2ccccc12)C(=O)N[C@@H](CC(=O)O)C(=O)O)C(C)C. The number of H-pyrrole nitrogens is 1. The van der Waals surface area contributed by atoms with Gasteiger partial charge in [-0.15, -0.1) is 0 Å². The molecule has 10 atom stereocenters. The van der Waals surface area contributed by atoms with Crippen LogP contribution < -0.4 is 65.1 Å². The van der Waals surface area contributed by atoms with E-state index in [0.29, 0.717) is 41.4 Å². The number of amides is 10. The Kier molecular flexibility index (Phi) is 29.4. The average molecular weight is 1220 g/mol. The van der Waals surface area contributed by atoms with Gasteiger partial charge in [-0.3, -0.25) is 62.3 Å². The molecule has 20 N–H and O–H groups in total. The van der Waals surface area contributed by atoms with Gasteiger partial charge < -0.3 is 90.5 Å². The number of carboxylic acid groups (broad SMARTS) is 4. The number of carbonyl (C=O) groups excluding carboxylic acids is 10.